The van der Waals surface area contributed by atoms with Gasteiger partial charge >= 0.3 is 0 Å². The van der Waals surface area contributed by atoms with Crippen molar-refractivity contribution >= 4 is 11.6 Å². The quantitative estimate of drug-likeness (QED) is 0.822. The summed E-state index contributed by atoms with van der Waals surface area (Å²) in [6.45, 7) is 10.7. The Morgan fingerprint density at radius 2 is 1.76 bits per heavy atom. The molecular formula is C21H27NO3. The summed E-state index contributed by atoms with van der Waals surface area (Å²) in [5.74, 6) is 1.21. The highest BCUT2D eigenvalue weighted by Gasteiger charge is 2.17. The first-order valence-electron chi connectivity index (χ1n) is 8.60. The molecule has 4 heteroatoms. The van der Waals surface area contributed by atoms with Crippen LogP contribution in [-0.2, 0) is 10.2 Å². The van der Waals surface area contributed by atoms with Gasteiger partial charge in [-0.2, -0.15) is 0 Å². The summed E-state index contributed by atoms with van der Waals surface area (Å²) in [7, 11) is 0. The first-order chi connectivity index (χ1) is 11.8. The van der Waals surface area contributed by atoms with Gasteiger partial charge in [0.2, 0.25) is 0 Å². The van der Waals surface area contributed by atoms with Crippen molar-refractivity contribution < 1.29 is 14.3 Å². The van der Waals surface area contributed by atoms with Gasteiger partial charge in [0, 0.05) is 11.8 Å². The fourth-order valence-electron chi connectivity index (χ4n) is 2.37. The number of carbonyl (C=O) groups excluding carboxylic acids is 1. The van der Waals surface area contributed by atoms with Crippen molar-refractivity contribution in [1.29, 1.82) is 0 Å². The standard InChI is InChI=1S/C21H27NO3/c1-6-24-19-9-7-8-17(14-19)22-20(23)15(2)25-18-12-10-16(11-13-18)21(3,4)5/h7-15H,6H2,1-5H3,(H,22,23)/t15-/m0/s1. The lowest BCUT2D eigenvalue weighted by Gasteiger charge is -2.20. The van der Waals surface area contributed by atoms with E-state index in [1.807, 2.05) is 49.4 Å². The minimum Gasteiger partial charge on any atom is -0.494 e. The number of carbonyl (C=O) groups is 1. The third-order valence-electron chi connectivity index (χ3n) is 3.82. The van der Waals surface area contributed by atoms with Crippen molar-refractivity contribution in [3.05, 3.63) is 54.1 Å². The molecule has 134 valence electrons. The lowest BCUT2D eigenvalue weighted by Crippen LogP contribution is -2.30. The molecule has 0 aliphatic heterocycles. The summed E-state index contributed by atoms with van der Waals surface area (Å²) < 4.78 is 11.2. The van der Waals surface area contributed by atoms with Crippen LogP contribution in [0.25, 0.3) is 0 Å². The second kappa shape index (κ2) is 8.06. The average molecular weight is 341 g/mol. The predicted octanol–water partition coefficient (Wildman–Crippen LogP) is 4.79. The maximum Gasteiger partial charge on any atom is 0.265 e. The monoisotopic (exact) mass is 341 g/mol. The van der Waals surface area contributed by atoms with Crippen LogP contribution >= 0.6 is 0 Å². The highest BCUT2D eigenvalue weighted by atomic mass is 16.5. The van der Waals surface area contributed by atoms with E-state index in [4.69, 9.17) is 9.47 Å². The molecule has 0 bridgehead atoms. The van der Waals surface area contributed by atoms with E-state index in [2.05, 4.69) is 26.1 Å². The molecule has 0 aliphatic carbocycles. The SMILES string of the molecule is CCOc1cccc(NC(=O)[C@H](C)Oc2ccc(C(C)(C)C)cc2)c1. The maximum absolute atomic E-state index is 12.3. The molecule has 0 radical (unpaired) electrons. The van der Waals surface area contributed by atoms with Gasteiger partial charge in [-0.15, -0.1) is 0 Å². The van der Waals surface area contributed by atoms with Crippen molar-refractivity contribution in [3.63, 3.8) is 0 Å². The first kappa shape index (κ1) is 18.8. The number of amides is 1. The minimum absolute atomic E-state index is 0.0904. The van der Waals surface area contributed by atoms with E-state index in [1.54, 1.807) is 13.0 Å². The molecule has 4 nitrogen and oxygen atoms in total. The van der Waals surface area contributed by atoms with E-state index < -0.39 is 6.10 Å². The van der Waals surface area contributed by atoms with Crippen molar-refractivity contribution in [1.82, 2.24) is 0 Å². The second-order valence-electron chi connectivity index (χ2n) is 6.98. The third-order valence-corrected chi connectivity index (χ3v) is 3.82. The van der Waals surface area contributed by atoms with Crippen LogP contribution in [0.2, 0.25) is 0 Å². The van der Waals surface area contributed by atoms with Gasteiger partial charge in [0.25, 0.3) is 5.91 Å². The molecule has 0 aromatic heterocycles. The topological polar surface area (TPSA) is 47.6 Å². The summed E-state index contributed by atoms with van der Waals surface area (Å²) in [6, 6.07) is 15.2. The van der Waals surface area contributed by atoms with E-state index in [0.29, 0.717) is 18.0 Å². The normalized spacial score (nSPS) is 12.4. The molecule has 1 N–H and O–H groups in total. The number of hydrogen-bond acceptors (Lipinski definition) is 3. The molecule has 1 atom stereocenters. The number of hydrogen-bond donors (Lipinski definition) is 1. The fraction of sp³-hybridized carbons (Fsp3) is 0.381. The van der Waals surface area contributed by atoms with E-state index in [-0.39, 0.29) is 11.3 Å². The Morgan fingerprint density at radius 1 is 1.08 bits per heavy atom. The minimum atomic E-state index is -0.601. The van der Waals surface area contributed by atoms with Crippen molar-refractivity contribution in [2.75, 3.05) is 11.9 Å². The zero-order valence-corrected chi connectivity index (χ0v) is 15.6. The summed E-state index contributed by atoms with van der Waals surface area (Å²) in [4.78, 5) is 12.3. The smallest absolute Gasteiger partial charge is 0.265 e. The van der Waals surface area contributed by atoms with Crippen LogP contribution in [0.5, 0.6) is 11.5 Å². The predicted molar refractivity (Wildman–Crippen MR) is 101 cm³/mol. The maximum atomic E-state index is 12.3. The van der Waals surface area contributed by atoms with Crippen LogP contribution in [0.15, 0.2) is 48.5 Å². The van der Waals surface area contributed by atoms with E-state index in [9.17, 15) is 4.79 Å². The molecule has 2 aromatic carbocycles. The van der Waals surface area contributed by atoms with Gasteiger partial charge in [0.05, 0.1) is 6.61 Å². The number of nitrogens with one attached hydrogen (secondary N) is 1. The number of anilines is 1. The van der Waals surface area contributed by atoms with Gasteiger partial charge in [0.1, 0.15) is 11.5 Å². The zero-order chi connectivity index (χ0) is 18.4. The summed E-state index contributed by atoms with van der Waals surface area (Å²) in [5.41, 5.74) is 2.01. The molecule has 0 unspecified atom stereocenters. The lowest BCUT2D eigenvalue weighted by molar-refractivity contribution is -0.122. The average Bonchev–Trinajstić information content (AvgIpc) is 2.55. The summed E-state index contributed by atoms with van der Waals surface area (Å²) in [6.07, 6.45) is -0.601. The molecule has 0 spiro atoms. The van der Waals surface area contributed by atoms with Crippen molar-refractivity contribution in [3.8, 4) is 11.5 Å². The van der Waals surface area contributed by atoms with Crippen LogP contribution in [0.4, 0.5) is 5.69 Å². The highest BCUT2D eigenvalue weighted by molar-refractivity contribution is 5.94. The molecule has 0 heterocycles. The first-order valence-corrected chi connectivity index (χ1v) is 8.60. The van der Waals surface area contributed by atoms with Crippen LogP contribution in [0.1, 0.15) is 40.2 Å². The molecule has 0 fully saturated rings. The van der Waals surface area contributed by atoms with Gasteiger partial charge in [-0.3, -0.25) is 4.79 Å². The Bertz CT molecular complexity index is 702. The fourth-order valence-corrected chi connectivity index (χ4v) is 2.37. The number of benzene rings is 2. The second-order valence-corrected chi connectivity index (χ2v) is 6.98. The Hall–Kier alpha value is -2.49. The van der Waals surface area contributed by atoms with Gasteiger partial charge in [0.15, 0.2) is 6.10 Å². The summed E-state index contributed by atoms with van der Waals surface area (Å²) in [5, 5.41) is 2.85. The Morgan fingerprint density at radius 3 is 2.36 bits per heavy atom. The molecule has 2 rings (SSSR count). The van der Waals surface area contributed by atoms with Crippen molar-refractivity contribution in [2.45, 2.75) is 46.1 Å². The zero-order valence-electron chi connectivity index (χ0n) is 15.6. The van der Waals surface area contributed by atoms with E-state index in [1.165, 1.54) is 5.56 Å². The molecule has 0 saturated heterocycles. The largest absolute Gasteiger partial charge is 0.494 e. The van der Waals surface area contributed by atoms with E-state index >= 15 is 0 Å². The Kier molecular flexibility index (Phi) is 6.07. The van der Waals surface area contributed by atoms with Crippen molar-refractivity contribution in [2.24, 2.45) is 0 Å². The van der Waals surface area contributed by atoms with Crippen LogP contribution < -0.4 is 14.8 Å². The molecule has 0 aliphatic rings. The molecule has 0 saturated carbocycles. The van der Waals surface area contributed by atoms with Gasteiger partial charge in [-0.1, -0.05) is 39.0 Å². The Labute approximate surface area is 150 Å². The third kappa shape index (κ3) is 5.52. The lowest BCUT2D eigenvalue weighted by atomic mass is 9.87. The molecule has 2 aromatic rings. The highest BCUT2D eigenvalue weighted by Crippen LogP contribution is 2.25. The number of rotatable bonds is 6. The van der Waals surface area contributed by atoms with Gasteiger partial charge in [-0.25, -0.2) is 0 Å². The molecular weight excluding hydrogens is 314 g/mol. The van der Waals surface area contributed by atoms with Crippen LogP contribution in [0.3, 0.4) is 0 Å². The summed E-state index contributed by atoms with van der Waals surface area (Å²) >= 11 is 0. The van der Waals surface area contributed by atoms with Gasteiger partial charge in [-0.05, 0) is 49.1 Å². The Balaban J connectivity index is 1.97. The van der Waals surface area contributed by atoms with Gasteiger partial charge < -0.3 is 14.8 Å². The van der Waals surface area contributed by atoms with Crippen LogP contribution in [0, 0.1) is 0 Å². The van der Waals surface area contributed by atoms with E-state index in [0.717, 1.165) is 5.75 Å². The molecule has 25 heavy (non-hydrogen) atoms. The van der Waals surface area contributed by atoms with Crippen LogP contribution in [-0.4, -0.2) is 18.6 Å². The number of ether oxygens (including phenoxy) is 2. The molecule has 1 amide bonds.